The van der Waals surface area contributed by atoms with Crippen molar-refractivity contribution in [2.75, 3.05) is 10.7 Å². The number of furan rings is 1. The van der Waals surface area contributed by atoms with Gasteiger partial charge < -0.3 is 25.2 Å². The van der Waals surface area contributed by atoms with Crippen molar-refractivity contribution >= 4 is 40.8 Å². The number of benzene rings is 1. The van der Waals surface area contributed by atoms with Gasteiger partial charge in [-0.15, -0.1) is 0 Å². The number of carbonyl (C=O) groups excluding carboxylic acids is 1. The van der Waals surface area contributed by atoms with Crippen molar-refractivity contribution in [3.05, 3.63) is 17.4 Å². The Hall–Kier alpha value is -2.03. The molecule has 7 nitrogen and oxygen atoms in total. The molecule has 2 aromatic rings. The van der Waals surface area contributed by atoms with E-state index in [2.05, 4.69) is 38.4 Å². The molecular weight excluding hydrogens is 393 g/mol. The van der Waals surface area contributed by atoms with Crippen LogP contribution in [0, 0.1) is 11.3 Å². The van der Waals surface area contributed by atoms with Crippen LogP contribution in [0.15, 0.2) is 10.5 Å². The lowest BCUT2D eigenvalue weighted by Gasteiger charge is -2.50. The van der Waals surface area contributed by atoms with E-state index in [0.717, 1.165) is 42.4 Å². The van der Waals surface area contributed by atoms with Crippen LogP contribution in [0.4, 0.5) is 11.4 Å². The summed E-state index contributed by atoms with van der Waals surface area (Å²) in [6, 6.07) is 1.89. The summed E-state index contributed by atoms with van der Waals surface area (Å²) >= 11 is 0. The van der Waals surface area contributed by atoms with E-state index >= 15 is 0 Å². The molecule has 1 amide bonds. The first-order chi connectivity index (χ1) is 14.5. The molecule has 8 heteroatoms. The number of nitrogens with two attached hydrogens (primary N) is 1. The molecule has 0 spiro atoms. The zero-order valence-corrected chi connectivity index (χ0v) is 19.1. The van der Waals surface area contributed by atoms with Crippen LogP contribution in [-0.2, 0) is 10.2 Å². The van der Waals surface area contributed by atoms with E-state index in [1.807, 2.05) is 6.07 Å². The van der Waals surface area contributed by atoms with Crippen LogP contribution < -0.4 is 22.0 Å². The predicted molar refractivity (Wildman–Crippen MR) is 124 cm³/mol. The van der Waals surface area contributed by atoms with Gasteiger partial charge in [-0.3, -0.25) is 10.6 Å². The highest BCUT2D eigenvalue weighted by atomic mass is 16.4. The van der Waals surface area contributed by atoms with E-state index in [9.17, 15) is 14.8 Å². The van der Waals surface area contributed by atoms with Crippen molar-refractivity contribution < 1.29 is 19.3 Å². The molecule has 2 aliphatic carbocycles. The number of carbonyl (C=O) groups is 1. The number of fused-ring (bicyclic) bond motifs is 5. The van der Waals surface area contributed by atoms with E-state index < -0.39 is 7.12 Å². The lowest BCUT2D eigenvalue weighted by molar-refractivity contribution is -0.114. The van der Waals surface area contributed by atoms with Gasteiger partial charge in [0.1, 0.15) is 11.3 Å². The van der Waals surface area contributed by atoms with Gasteiger partial charge in [-0.2, -0.15) is 0 Å². The van der Waals surface area contributed by atoms with Gasteiger partial charge in [-0.1, -0.05) is 34.1 Å². The standard InChI is InChI=1S/C23H34BN3O4/c1-12-7-8-16-22(3,4)9-6-10-23(16,5)17-14-11-15(27-25)19(26-13(2)28)18(24(29)30)21(14)31-20(12)17/h11-12,16,27,29-30H,6-10,25H2,1-5H3,(H,26,28)/t12?,16-,23-/m1/s1. The Balaban J connectivity index is 2.08. The summed E-state index contributed by atoms with van der Waals surface area (Å²) in [5, 5.41) is 24.1. The molecule has 1 fully saturated rings. The summed E-state index contributed by atoms with van der Waals surface area (Å²) in [5.41, 5.74) is 5.14. The van der Waals surface area contributed by atoms with Crippen LogP contribution in [0.1, 0.15) is 84.0 Å². The molecular formula is C23H34BN3O4. The highest BCUT2D eigenvalue weighted by molar-refractivity contribution is 6.64. The third kappa shape index (κ3) is 3.36. The molecule has 2 aliphatic rings. The summed E-state index contributed by atoms with van der Waals surface area (Å²) in [6.45, 7) is 10.6. The second-order valence-electron chi connectivity index (χ2n) is 10.4. The summed E-state index contributed by atoms with van der Waals surface area (Å²) in [7, 11) is -1.82. The van der Waals surface area contributed by atoms with Crippen LogP contribution in [0.5, 0.6) is 0 Å². The molecule has 4 rings (SSSR count). The van der Waals surface area contributed by atoms with Crippen LogP contribution in [0.25, 0.3) is 11.0 Å². The van der Waals surface area contributed by atoms with Crippen molar-refractivity contribution in [1.82, 2.24) is 0 Å². The van der Waals surface area contributed by atoms with Gasteiger partial charge in [-0.25, -0.2) is 0 Å². The van der Waals surface area contributed by atoms with Gasteiger partial charge in [-0.05, 0) is 48.5 Å². The van der Waals surface area contributed by atoms with E-state index in [0.29, 0.717) is 17.2 Å². The van der Waals surface area contributed by atoms with Crippen LogP contribution >= 0.6 is 0 Å². The molecule has 0 aliphatic heterocycles. The minimum absolute atomic E-state index is 0.0911. The van der Waals surface area contributed by atoms with Gasteiger partial charge in [0.2, 0.25) is 5.91 Å². The Kier molecular flexibility index (Phi) is 5.39. The molecule has 3 atom stereocenters. The number of hydrogen-bond donors (Lipinski definition) is 5. The molecule has 1 aromatic carbocycles. The smallest absolute Gasteiger partial charge is 0.461 e. The molecule has 1 saturated carbocycles. The normalized spacial score (nSPS) is 27.2. The maximum Gasteiger partial charge on any atom is 0.494 e. The molecule has 1 aromatic heterocycles. The Morgan fingerprint density at radius 3 is 2.58 bits per heavy atom. The van der Waals surface area contributed by atoms with Crippen molar-refractivity contribution in [3.8, 4) is 0 Å². The number of anilines is 2. The average molecular weight is 427 g/mol. The van der Waals surface area contributed by atoms with Gasteiger partial charge in [0.25, 0.3) is 0 Å². The van der Waals surface area contributed by atoms with E-state index in [-0.39, 0.29) is 33.8 Å². The van der Waals surface area contributed by atoms with Crippen molar-refractivity contribution in [3.63, 3.8) is 0 Å². The van der Waals surface area contributed by atoms with Crippen LogP contribution in [0.3, 0.4) is 0 Å². The Morgan fingerprint density at radius 1 is 1.26 bits per heavy atom. The first kappa shape index (κ1) is 22.2. The van der Waals surface area contributed by atoms with Crippen molar-refractivity contribution in [2.45, 2.75) is 78.1 Å². The summed E-state index contributed by atoms with van der Waals surface area (Å²) in [6.07, 6.45) is 5.56. The summed E-state index contributed by atoms with van der Waals surface area (Å²) in [5.74, 6) is 7.09. The fourth-order valence-electron chi connectivity index (χ4n) is 6.56. The SMILES string of the molecule is CC(=O)Nc1c(NN)cc2c3c(oc2c1B(O)O)C(C)CC[C@@H]1C(C)(C)CCC[C@@]31C. The second-order valence-corrected chi connectivity index (χ2v) is 10.4. The topological polar surface area (TPSA) is 121 Å². The molecule has 1 unspecified atom stereocenters. The van der Waals surface area contributed by atoms with Crippen LogP contribution in [-0.4, -0.2) is 23.1 Å². The van der Waals surface area contributed by atoms with Gasteiger partial charge in [0.05, 0.1) is 16.8 Å². The Bertz CT molecular complexity index is 1030. The molecule has 6 N–H and O–H groups in total. The first-order valence-electron chi connectivity index (χ1n) is 11.3. The average Bonchev–Trinajstić information content (AvgIpc) is 3.00. The summed E-state index contributed by atoms with van der Waals surface area (Å²) < 4.78 is 6.44. The number of nitrogens with one attached hydrogen (secondary N) is 2. The number of hydrogen-bond acceptors (Lipinski definition) is 6. The lowest BCUT2D eigenvalue weighted by atomic mass is 9.53. The van der Waals surface area contributed by atoms with Gasteiger partial charge in [0.15, 0.2) is 0 Å². The van der Waals surface area contributed by atoms with Crippen molar-refractivity contribution in [1.29, 1.82) is 0 Å². The quantitative estimate of drug-likeness (QED) is 0.291. The molecule has 168 valence electrons. The number of hydrazine groups is 1. The number of rotatable bonds is 3. The van der Waals surface area contributed by atoms with Crippen LogP contribution in [0.2, 0.25) is 0 Å². The third-order valence-corrected chi connectivity index (χ3v) is 7.90. The minimum Gasteiger partial charge on any atom is -0.461 e. The summed E-state index contributed by atoms with van der Waals surface area (Å²) in [4.78, 5) is 11.8. The molecule has 0 bridgehead atoms. The van der Waals surface area contributed by atoms with E-state index in [4.69, 9.17) is 10.3 Å². The Morgan fingerprint density at radius 2 is 1.97 bits per heavy atom. The molecule has 1 heterocycles. The van der Waals surface area contributed by atoms with Gasteiger partial charge in [0, 0.05) is 23.8 Å². The lowest BCUT2D eigenvalue weighted by Crippen LogP contribution is -2.44. The zero-order valence-electron chi connectivity index (χ0n) is 19.1. The van der Waals surface area contributed by atoms with Gasteiger partial charge >= 0.3 is 7.12 Å². The maximum atomic E-state index is 11.8. The van der Waals surface area contributed by atoms with E-state index in [1.54, 1.807) is 0 Å². The number of amides is 1. The second kappa shape index (κ2) is 7.54. The maximum absolute atomic E-state index is 11.8. The largest absolute Gasteiger partial charge is 0.494 e. The zero-order chi connectivity index (χ0) is 22.7. The fraction of sp³-hybridized carbons (Fsp3) is 0.609. The molecule has 0 saturated heterocycles. The highest BCUT2D eigenvalue weighted by Gasteiger charge is 2.51. The van der Waals surface area contributed by atoms with Crippen molar-refractivity contribution in [2.24, 2.45) is 17.2 Å². The van der Waals surface area contributed by atoms with E-state index in [1.165, 1.54) is 13.3 Å². The fourth-order valence-corrected chi connectivity index (χ4v) is 6.56. The monoisotopic (exact) mass is 427 g/mol. The first-order valence-corrected chi connectivity index (χ1v) is 11.3. The predicted octanol–water partition coefficient (Wildman–Crippen LogP) is 3.34. The minimum atomic E-state index is -1.82. The number of nitrogen functional groups attached to an aromatic ring is 1. The highest BCUT2D eigenvalue weighted by Crippen LogP contribution is 2.59. The Labute approximate surface area is 183 Å². The third-order valence-electron chi connectivity index (χ3n) is 7.90. The molecule has 0 radical (unpaired) electrons. The molecule has 31 heavy (non-hydrogen) atoms.